The highest BCUT2D eigenvalue weighted by molar-refractivity contribution is 5.68. The first-order chi connectivity index (χ1) is 8.82. The molecule has 4 nitrogen and oxygen atoms in total. The molecule has 2 N–H and O–H groups in total. The van der Waals surface area contributed by atoms with Crippen LogP contribution < -0.4 is 5.32 Å². The molecule has 0 aromatic carbocycles. The van der Waals surface area contributed by atoms with E-state index in [0.717, 1.165) is 25.7 Å². The molecule has 2 aliphatic rings. The molecule has 19 heavy (non-hydrogen) atoms. The monoisotopic (exact) mass is 269 g/mol. The molecule has 0 unspecified atom stereocenters. The smallest absolute Gasteiger partial charge is 0.407 e. The molecular weight excluding hydrogens is 242 g/mol. The molecule has 1 spiro atoms. The molecule has 0 aliphatic heterocycles. The Kier molecular flexibility index (Phi) is 4.09. The number of ether oxygens (including phenoxy) is 1. The van der Waals surface area contributed by atoms with Gasteiger partial charge in [0.15, 0.2) is 0 Å². The quantitative estimate of drug-likeness (QED) is 0.810. The minimum Gasteiger partial charge on any atom is -0.444 e. The molecule has 110 valence electrons. The summed E-state index contributed by atoms with van der Waals surface area (Å²) in [6.45, 7) is 5.97. The molecule has 2 aliphatic carbocycles. The molecule has 2 saturated carbocycles. The van der Waals surface area contributed by atoms with E-state index in [2.05, 4.69) is 5.32 Å². The van der Waals surface area contributed by atoms with Gasteiger partial charge in [-0.15, -0.1) is 0 Å². The van der Waals surface area contributed by atoms with E-state index in [4.69, 9.17) is 9.84 Å². The zero-order valence-corrected chi connectivity index (χ0v) is 12.4. The van der Waals surface area contributed by atoms with Gasteiger partial charge in [-0.2, -0.15) is 0 Å². The Morgan fingerprint density at radius 1 is 1.32 bits per heavy atom. The maximum atomic E-state index is 11.7. The van der Waals surface area contributed by atoms with E-state index in [1.807, 2.05) is 20.8 Å². The van der Waals surface area contributed by atoms with Gasteiger partial charge >= 0.3 is 6.09 Å². The Labute approximate surface area is 115 Å². The highest BCUT2D eigenvalue weighted by atomic mass is 16.6. The van der Waals surface area contributed by atoms with Crippen LogP contribution in [0.5, 0.6) is 0 Å². The fraction of sp³-hybridized carbons (Fsp3) is 0.933. The lowest BCUT2D eigenvalue weighted by molar-refractivity contribution is 0.00174. The van der Waals surface area contributed by atoms with E-state index in [1.165, 1.54) is 12.8 Å². The third-order valence-corrected chi connectivity index (χ3v) is 4.50. The van der Waals surface area contributed by atoms with Gasteiger partial charge in [0.25, 0.3) is 0 Å². The number of hydrogen-bond donors (Lipinski definition) is 2. The molecule has 0 atom stereocenters. The highest BCUT2D eigenvalue weighted by Gasteiger charge is 2.46. The standard InChI is InChI=1S/C15H27NO3/c1-14(2,3)19-13(18)16-12-8-15(9-12)6-4-11(10-17)5-7-15/h11-12,17H,4-10H2,1-3H3,(H,16,18). The van der Waals surface area contributed by atoms with Crippen LogP contribution >= 0.6 is 0 Å². The number of carbonyl (C=O) groups excluding carboxylic acids is 1. The van der Waals surface area contributed by atoms with Crippen LogP contribution in [0.1, 0.15) is 59.3 Å². The molecular formula is C15H27NO3. The number of aliphatic hydroxyl groups excluding tert-OH is 1. The van der Waals surface area contributed by atoms with Gasteiger partial charge in [0.05, 0.1) is 0 Å². The molecule has 2 rings (SSSR count). The van der Waals surface area contributed by atoms with Crippen molar-refractivity contribution in [1.82, 2.24) is 5.32 Å². The van der Waals surface area contributed by atoms with Gasteiger partial charge < -0.3 is 15.2 Å². The number of aliphatic hydroxyl groups is 1. The van der Waals surface area contributed by atoms with Crippen molar-refractivity contribution in [1.29, 1.82) is 0 Å². The van der Waals surface area contributed by atoms with E-state index < -0.39 is 5.60 Å². The third kappa shape index (κ3) is 3.85. The summed E-state index contributed by atoms with van der Waals surface area (Å²) in [5, 5.41) is 12.1. The number of rotatable bonds is 2. The number of hydrogen-bond acceptors (Lipinski definition) is 3. The average Bonchev–Trinajstić information content (AvgIpc) is 2.25. The topological polar surface area (TPSA) is 58.6 Å². The first kappa shape index (κ1) is 14.6. The molecule has 0 radical (unpaired) electrons. The summed E-state index contributed by atoms with van der Waals surface area (Å²) >= 11 is 0. The molecule has 2 fully saturated rings. The first-order valence-electron chi connectivity index (χ1n) is 7.42. The molecule has 4 heteroatoms. The van der Waals surface area contributed by atoms with Gasteiger partial charge in [0.2, 0.25) is 0 Å². The Hall–Kier alpha value is -0.770. The molecule has 0 aromatic rings. The van der Waals surface area contributed by atoms with Crippen molar-refractivity contribution in [3.05, 3.63) is 0 Å². The lowest BCUT2D eigenvalue weighted by atomic mass is 9.57. The van der Waals surface area contributed by atoms with Crippen LogP contribution in [0.4, 0.5) is 4.79 Å². The van der Waals surface area contributed by atoms with Gasteiger partial charge in [-0.3, -0.25) is 0 Å². The lowest BCUT2D eigenvalue weighted by Crippen LogP contribution is -2.52. The average molecular weight is 269 g/mol. The highest BCUT2D eigenvalue weighted by Crippen LogP contribution is 2.52. The predicted molar refractivity (Wildman–Crippen MR) is 73.9 cm³/mol. The summed E-state index contributed by atoms with van der Waals surface area (Å²) in [6, 6.07) is 0.278. The Morgan fingerprint density at radius 2 is 1.89 bits per heavy atom. The van der Waals surface area contributed by atoms with Gasteiger partial charge in [-0.05, 0) is 70.6 Å². The first-order valence-corrected chi connectivity index (χ1v) is 7.42. The molecule has 1 amide bonds. The molecule has 0 heterocycles. The lowest BCUT2D eigenvalue weighted by Gasteiger charge is -2.51. The number of alkyl carbamates (subject to hydrolysis) is 1. The van der Waals surface area contributed by atoms with E-state index in [9.17, 15) is 4.79 Å². The van der Waals surface area contributed by atoms with Crippen LogP contribution in [0.25, 0.3) is 0 Å². The Balaban J connectivity index is 1.70. The van der Waals surface area contributed by atoms with Crippen LogP contribution in [-0.2, 0) is 4.74 Å². The Bertz CT molecular complexity index is 319. The van der Waals surface area contributed by atoms with Crippen molar-refractivity contribution in [3.8, 4) is 0 Å². The SMILES string of the molecule is CC(C)(C)OC(=O)NC1CC2(CCC(CO)CC2)C1. The van der Waals surface area contributed by atoms with Crippen LogP contribution in [0.3, 0.4) is 0 Å². The zero-order chi connectivity index (χ0) is 14.1. The molecule has 0 aromatic heterocycles. The maximum Gasteiger partial charge on any atom is 0.407 e. The van der Waals surface area contributed by atoms with Gasteiger partial charge in [0, 0.05) is 12.6 Å². The van der Waals surface area contributed by atoms with E-state index in [0.29, 0.717) is 17.9 Å². The minimum absolute atomic E-state index is 0.278. The van der Waals surface area contributed by atoms with Crippen LogP contribution in [0.2, 0.25) is 0 Å². The summed E-state index contributed by atoms with van der Waals surface area (Å²) in [6.07, 6.45) is 6.52. The molecule has 0 saturated heterocycles. The molecule has 0 bridgehead atoms. The van der Waals surface area contributed by atoms with Crippen molar-refractivity contribution in [2.24, 2.45) is 11.3 Å². The second-order valence-electron chi connectivity index (χ2n) is 7.38. The van der Waals surface area contributed by atoms with Crippen molar-refractivity contribution >= 4 is 6.09 Å². The van der Waals surface area contributed by atoms with E-state index in [-0.39, 0.29) is 12.1 Å². The fourth-order valence-electron chi connectivity index (χ4n) is 3.44. The summed E-state index contributed by atoms with van der Waals surface area (Å²) in [5.41, 5.74) is 0.00997. The second kappa shape index (κ2) is 5.31. The summed E-state index contributed by atoms with van der Waals surface area (Å²) in [5.74, 6) is 0.503. The normalized spacial score (nSPS) is 34.7. The largest absolute Gasteiger partial charge is 0.444 e. The minimum atomic E-state index is -0.426. The summed E-state index contributed by atoms with van der Waals surface area (Å²) in [7, 11) is 0. The van der Waals surface area contributed by atoms with Gasteiger partial charge in [-0.25, -0.2) is 4.79 Å². The van der Waals surface area contributed by atoms with Crippen molar-refractivity contribution in [3.63, 3.8) is 0 Å². The zero-order valence-electron chi connectivity index (χ0n) is 12.4. The summed E-state index contributed by atoms with van der Waals surface area (Å²) in [4.78, 5) is 11.7. The fourth-order valence-corrected chi connectivity index (χ4v) is 3.44. The number of carbonyl (C=O) groups is 1. The summed E-state index contributed by atoms with van der Waals surface area (Å²) < 4.78 is 5.27. The van der Waals surface area contributed by atoms with E-state index >= 15 is 0 Å². The van der Waals surface area contributed by atoms with Crippen molar-refractivity contribution in [2.75, 3.05) is 6.61 Å². The van der Waals surface area contributed by atoms with E-state index in [1.54, 1.807) is 0 Å². The van der Waals surface area contributed by atoms with Crippen LogP contribution in [0.15, 0.2) is 0 Å². The van der Waals surface area contributed by atoms with Crippen LogP contribution in [-0.4, -0.2) is 29.4 Å². The Morgan fingerprint density at radius 3 is 2.37 bits per heavy atom. The third-order valence-electron chi connectivity index (χ3n) is 4.50. The predicted octanol–water partition coefficient (Wildman–Crippen LogP) is 2.84. The second-order valence-corrected chi connectivity index (χ2v) is 7.38. The number of nitrogens with one attached hydrogen (secondary N) is 1. The number of amides is 1. The van der Waals surface area contributed by atoms with Gasteiger partial charge in [-0.1, -0.05) is 0 Å². The van der Waals surface area contributed by atoms with Crippen LogP contribution in [0, 0.1) is 11.3 Å². The van der Waals surface area contributed by atoms with Crippen molar-refractivity contribution < 1.29 is 14.6 Å². The maximum absolute atomic E-state index is 11.7. The van der Waals surface area contributed by atoms with Gasteiger partial charge in [0.1, 0.15) is 5.60 Å². The van der Waals surface area contributed by atoms with Crippen molar-refractivity contribution in [2.45, 2.75) is 70.9 Å².